The van der Waals surface area contributed by atoms with E-state index in [1.54, 1.807) is 20.0 Å². The number of aryl methyl sites for hydroxylation is 1. The summed E-state index contributed by atoms with van der Waals surface area (Å²) in [6, 6.07) is 1.47. The molecule has 0 amide bonds. The van der Waals surface area contributed by atoms with Gasteiger partial charge in [-0.3, -0.25) is 10.1 Å². The lowest BCUT2D eigenvalue weighted by molar-refractivity contribution is -0.384. The van der Waals surface area contributed by atoms with Crippen LogP contribution in [0.4, 0.5) is 11.5 Å². The van der Waals surface area contributed by atoms with Crippen molar-refractivity contribution in [3.63, 3.8) is 0 Å². The minimum Gasteiger partial charge on any atom is -0.393 e. The number of anilines is 1. The van der Waals surface area contributed by atoms with Crippen molar-refractivity contribution in [3.05, 3.63) is 27.9 Å². The van der Waals surface area contributed by atoms with Crippen LogP contribution in [0.25, 0.3) is 0 Å². The molecule has 0 fully saturated rings. The first-order chi connectivity index (χ1) is 7.50. The third-order valence-corrected chi connectivity index (χ3v) is 2.06. The molecule has 0 bridgehead atoms. The van der Waals surface area contributed by atoms with Crippen molar-refractivity contribution in [1.82, 2.24) is 4.98 Å². The second kappa shape index (κ2) is 5.41. The molecule has 1 aromatic heterocycles. The molecule has 0 aromatic carbocycles. The number of aliphatic hydroxyl groups excluding tert-OH is 1. The minimum absolute atomic E-state index is 0.0365. The Morgan fingerprint density at radius 2 is 2.38 bits per heavy atom. The van der Waals surface area contributed by atoms with Crippen LogP contribution in [0, 0.1) is 17.0 Å². The first kappa shape index (κ1) is 12.4. The molecule has 1 heterocycles. The Labute approximate surface area is 93.5 Å². The molecular formula is C10H15N3O3. The van der Waals surface area contributed by atoms with Crippen molar-refractivity contribution in [2.24, 2.45) is 0 Å². The van der Waals surface area contributed by atoms with Crippen LogP contribution in [0.1, 0.15) is 18.9 Å². The fourth-order valence-corrected chi connectivity index (χ4v) is 1.23. The van der Waals surface area contributed by atoms with Gasteiger partial charge in [-0.1, -0.05) is 0 Å². The number of pyridine rings is 1. The standard InChI is InChI=1S/C10H15N3O3/c1-7-5-9(13(15)16)10(12-6-7)11-4-3-8(2)14/h5-6,8,14H,3-4H2,1-2H3,(H,11,12). The summed E-state index contributed by atoms with van der Waals surface area (Å²) in [4.78, 5) is 14.2. The molecule has 6 nitrogen and oxygen atoms in total. The molecule has 1 aromatic rings. The first-order valence-corrected chi connectivity index (χ1v) is 5.03. The highest BCUT2D eigenvalue weighted by atomic mass is 16.6. The second-order valence-electron chi connectivity index (χ2n) is 3.70. The summed E-state index contributed by atoms with van der Waals surface area (Å²) >= 11 is 0. The fourth-order valence-electron chi connectivity index (χ4n) is 1.23. The summed E-state index contributed by atoms with van der Waals surface area (Å²) in [5.74, 6) is 0.247. The lowest BCUT2D eigenvalue weighted by Gasteiger charge is -2.07. The first-order valence-electron chi connectivity index (χ1n) is 5.03. The van der Waals surface area contributed by atoms with Gasteiger partial charge in [-0.05, 0) is 25.8 Å². The van der Waals surface area contributed by atoms with Gasteiger partial charge < -0.3 is 10.4 Å². The zero-order chi connectivity index (χ0) is 12.1. The van der Waals surface area contributed by atoms with Crippen LogP contribution in [0.15, 0.2) is 12.3 Å². The lowest BCUT2D eigenvalue weighted by atomic mass is 10.2. The molecule has 1 unspecified atom stereocenters. The predicted octanol–water partition coefficient (Wildman–Crippen LogP) is 1.48. The quantitative estimate of drug-likeness (QED) is 0.585. The van der Waals surface area contributed by atoms with Crippen LogP contribution in [0.5, 0.6) is 0 Å². The van der Waals surface area contributed by atoms with Crippen molar-refractivity contribution in [3.8, 4) is 0 Å². The van der Waals surface area contributed by atoms with Gasteiger partial charge in [0.1, 0.15) is 0 Å². The number of hydrogen-bond donors (Lipinski definition) is 2. The zero-order valence-corrected chi connectivity index (χ0v) is 9.30. The molecule has 88 valence electrons. The summed E-state index contributed by atoms with van der Waals surface area (Å²) in [6.07, 6.45) is 1.65. The van der Waals surface area contributed by atoms with E-state index < -0.39 is 11.0 Å². The van der Waals surface area contributed by atoms with Crippen molar-refractivity contribution >= 4 is 11.5 Å². The SMILES string of the molecule is Cc1cnc(NCCC(C)O)c([N+](=O)[O-])c1. The lowest BCUT2D eigenvalue weighted by Crippen LogP contribution is -2.11. The summed E-state index contributed by atoms with van der Waals surface area (Å²) < 4.78 is 0. The van der Waals surface area contributed by atoms with E-state index in [9.17, 15) is 10.1 Å². The summed E-state index contributed by atoms with van der Waals surface area (Å²) in [7, 11) is 0. The highest BCUT2D eigenvalue weighted by Gasteiger charge is 2.14. The van der Waals surface area contributed by atoms with Gasteiger partial charge in [-0.25, -0.2) is 4.98 Å². The minimum atomic E-state index is -0.468. The largest absolute Gasteiger partial charge is 0.393 e. The topological polar surface area (TPSA) is 88.3 Å². The van der Waals surface area contributed by atoms with Crippen LogP contribution in [-0.4, -0.2) is 27.7 Å². The number of nitro groups is 1. The number of nitrogens with zero attached hydrogens (tertiary/aromatic N) is 2. The van der Waals surface area contributed by atoms with Gasteiger partial charge in [0.15, 0.2) is 0 Å². The van der Waals surface area contributed by atoms with E-state index in [2.05, 4.69) is 10.3 Å². The van der Waals surface area contributed by atoms with Gasteiger partial charge in [-0.15, -0.1) is 0 Å². The summed E-state index contributed by atoms with van der Waals surface area (Å²) in [5.41, 5.74) is 0.707. The Bertz CT molecular complexity index is 380. The Hall–Kier alpha value is -1.69. The molecule has 0 aliphatic rings. The van der Waals surface area contributed by atoms with E-state index in [4.69, 9.17) is 5.11 Å². The molecular weight excluding hydrogens is 210 g/mol. The van der Waals surface area contributed by atoms with E-state index in [-0.39, 0.29) is 11.5 Å². The normalized spacial score (nSPS) is 12.2. The number of aromatic nitrogens is 1. The van der Waals surface area contributed by atoms with Crippen LogP contribution in [0.3, 0.4) is 0 Å². The van der Waals surface area contributed by atoms with Crippen molar-refractivity contribution < 1.29 is 10.0 Å². The monoisotopic (exact) mass is 225 g/mol. The molecule has 6 heteroatoms. The molecule has 0 saturated carbocycles. The number of rotatable bonds is 5. The van der Waals surface area contributed by atoms with Crippen molar-refractivity contribution in [2.45, 2.75) is 26.4 Å². The average molecular weight is 225 g/mol. The Morgan fingerprint density at radius 3 is 2.94 bits per heavy atom. The van der Waals surface area contributed by atoms with E-state index in [0.29, 0.717) is 13.0 Å². The molecule has 0 aliphatic carbocycles. The maximum atomic E-state index is 10.7. The van der Waals surface area contributed by atoms with Crippen LogP contribution >= 0.6 is 0 Å². The number of hydrogen-bond acceptors (Lipinski definition) is 5. The zero-order valence-electron chi connectivity index (χ0n) is 9.30. The van der Waals surface area contributed by atoms with E-state index in [0.717, 1.165) is 5.56 Å². The predicted molar refractivity (Wildman–Crippen MR) is 60.4 cm³/mol. The average Bonchev–Trinajstić information content (AvgIpc) is 2.19. The van der Waals surface area contributed by atoms with Crippen LogP contribution < -0.4 is 5.32 Å². The van der Waals surface area contributed by atoms with E-state index in [1.165, 1.54) is 6.07 Å². The number of aliphatic hydroxyl groups is 1. The van der Waals surface area contributed by atoms with Gasteiger partial charge in [-0.2, -0.15) is 0 Å². The maximum absolute atomic E-state index is 10.7. The maximum Gasteiger partial charge on any atom is 0.311 e. The van der Waals surface area contributed by atoms with Crippen LogP contribution in [-0.2, 0) is 0 Å². The molecule has 1 rings (SSSR count). The highest BCUT2D eigenvalue weighted by Crippen LogP contribution is 2.22. The van der Waals surface area contributed by atoms with Crippen molar-refractivity contribution in [2.75, 3.05) is 11.9 Å². The van der Waals surface area contributed by atoms with Gasteiger partial charge in [0.25, 0.3) is 0 Å². The Kier molecular flexibility index (Phi) is 4.19. The van der Waals surface area contributed by atoms with Gasteiger partial charge >= 0.3 is 5.69 Å². The Balaban J connectivity index is 2.75. The summed E-state index contributed by atoms with van der Waals surface area (Å²) in [5, 5.41) is 22.6. The second-order valence-corrected chi connectivity index (χ2v) is 3.70. The fraction of sp³-hybridized carbons (Fsp3) is 0.500. The molecule has 0 saturated heterocycles. The van der Waals surface area contributed by atoms with E-state index in [1.807, 2.05) is 0 Å². The third kappa shape index (κ3) is 3.47. The molecule has 0 aliphatic heterocycles. The van der Waals surface area contributed by atoms with E-state index >= 15 is 0 Å². The van der Waals surface area contributed by atoms with Gasteiger partial charge in [0.05, 0.1) is 11.0 Å². The molecule has 2 N–H and O–H groups in total. The smallest absolute Gasteiger partial charge is 0.311 e. The van der Waals surface area contributed by atoms with Gasteiger partial charge in [0, 0.05) is 18.8 Å². The molecule has 1 atom stereocenters. The van der Waals surface area contributed by atoms with Gasteiger partial charge in [0.2, 0.25) is 5.82 Å². The number of nitrogens with one attached hydrogen (secondary N) is 1. The Morgan fingerprint density at radius 1 is 1.69 bits per heavy atom. The third-order valence-electron chi connectivity index (χ3n) is 2.06. The van der Waals surface area contributed by atoms with Crippen molar-refractivity contribution in [1.29, 1.82) is 0 Å². The van der Waals surface area contributed by atoms with Crippen LogP contribution in [0.2, 0.25) is 0 Å². The molecule has 0 spiro atoms. The summed E-state index contributed by atoms with van der Waals surface area (Å²) in [6.45, 7) is 3.87. The molecule has 16 heavy (non-hydrogen) atoms. The molecule has 0 radical (unpaired) electrons. The highest BCUT2D eigenvalue weighted by molar-refractivity contribution is 5.56.